The first-order valence-electron chi connectivity index (χ1n) is 3.00. The highest BCUT2D eigenvalue weighted by Crippen LogP contribution is 1.54. The van der Waals surface area contributed by atoms with E-state index < -0.39 is 6.47 Å². The number of hydrogen-bond acceptors (Lipinski definition) is 3. The predicted octanol–water partition coefficient (Wildman–Crippen LogP) is -3.48. The number of nitrogens with one attached hydrogen (secondary N) is 1. The van der Waals surface area contributed by atoms with E-state index in [2.05, 4.69) is 10.6 Å². The summed E-state index contributed by atoms with van der Waals surface area (Å²) in [6.45, 7) is 4.42. The minimum Gasteiger partial charge on any atom is -0.554 e. The van der Waals surface area contributed by atoms with E-state index in [1.54, 1.807) is 0 Å². The summed E-state index contributed by atoms with van der Waals surface area (Å²) < 4.78 is 0. The molecule has 1 fully saturated rings. The normalized spacial score (nSPS) is 17.3. The first-order valence-corrected chi connectivity index (χ1v) is 3.00. The Bertz CT molecular complexity index is 52.5. The molecule has 0 bridgehead atoms. The first kappa shape index (κ1) is 8.39. The molecule has 0 aromatic carbocycles. The van der Waals surface area contributed by atoms with Crippen LogP contribution >= 0.6 is 0 Å². The van der Waals surface area contributed by atoms with E-state index in [0.717, 1.165) is 0 Å². The molecule has 0 saturated carbocycles. The molecule has 1 heterocycles. The predicted molar refractivity (Wildman–Crippen MR) is 30.6 cm³/mol. The van der Waals surface area contributed by atoms with Crippen molar-refractivity contribution >= 4 is 6.47 Å². The average Bonchev–Trinajstić information content (AvgIpc) is 1.93. The van der Waals surface area contributed by atoms with Crippen molar-refractivity contribution in [1.29, 1.82) is 0 Å². The van der Waals surface area contributed by atoms with Gasteiger partial charge in [-0.3, -0.25) is 0 Å². The maximum Gasteiger partial charge on any atom is 0.0882 e. The number of nitrogens with two attached hydrogens (primary N) is 1. The minimum absolute atomic E-state index is 0.500. The molecule has 1 aliphatic rings. The summed E-state index contributed by atoms with van der Waals surface area (Å²) in [4.78, 5) is 8.25. The van der Waals surface area contributed by atoms with Crippen LogP contribution in [0.25, 0.3) is 0 Å². The van der Waals surface area contributed by atoms with Crippen molar-refractivity contribution < 1.29 is 15.2 Å². The molecule has 1 saturated heterocycles. The molecule has 3 N–H and O–H groups in total. The second-order valence-corrected chi connectivity index (χ2v) is 1.71. The van der Waals surface area contributed by atoms with Gasteiger partial charge >= 0.3 is 0 Å². The third-order valence-electron chi connectivity index (χ3n) is 1.05. The smallest absolute Gasteiger partial charge is 0.0882 e. The number of hydrogen-bond donors (Lipinski definition) is 2. The van der Waals surface area contributed by atoms with Gasteiger partial charge in [0.05, 0.1) is 13.1 Å². The van der Waals surface area contributed by atoms with Crippen molar-refractivity contribution in [3.63, 3.8) is 0 Å². The highest BCUT2D eigenvalue weighted by Gasteiger charge is 1.95. The van der Waals surface area contributed by atoms with Crippen LogP contribution in [-0.2, 0) is 4.79 Å². The molecule has 0 aliphatic carbocycles. The van der Waals surface area contributed by atoms with Crippen LogP contribution in [0.2, 0.25) is 0 Å². The van der Waals surface area contributed by atoms with Crippen LogP contribution in [0.4, 0.5) is 0 Å². The van der Waals surface area contributed by atoms with Crippen LogP contribution in [0.15, 0.2) is 0 Å². The van der Waals surface area contributed by atoms with Crippen LogP contribution in [0, 0.1) is 0 Å². The molecular weight excluding hydrogens is 120 g/mol. The van der Waals surface area contributed by atoms with Gasteiger partial charge in [-0.25, -0.2) is 0 Å². The molecular formula is C5H12N2O2. The molecule has 0 spiro atoms. The van der Waals surface area contributed by atoms with Crippen molar-refractivity contribution in [3.8, 4) is 0 Å². The van der Waals surface area contributed by atoms with Gasteiger partial charge < -0.3 is 20.5 Å². The van der Waals surface area contributed by atoms with Gasteiger partial charge in [0.2, 0.25) is 0 Å². The number of carbonyl (C=O) groups excluding carboxylic acids is 1. The summed E-state index contributed by atoms with van der Waals surface area (Å²) in [5.41, 5.74) is 0. The Hall–Kier alpha value is -0.610. The monoisotopic (exact) mass is 132 g/mol. The molecule has 1 aliphatic heterocycles. The Morgan fingerprint density at radius 2 is 1.89 bits per heavy atom. The van der Waals surface area contributed by atoms with Crippen molar-refractivity contribution in [1.82, 2.24) is 5.32 Å². The Morgan fingerprint density at radius 1 is 1.44 bits per heavy atom. The molecule has 0 unspecified atom stereocenters. The van der Waals surface area contributed by atoms with Gasteiger partial charge in [-0.2, -0.15) is 0 Å². The van der Waals surface area contributed by atoms with E-state index in [1.165, 1.54) is 26.2 Å². The second kappa shape index (κ2) is 7.39. The summed E-state index contributed by atoms with van der Waals surface area (Å²) in [6, 6.07) is 0. The zero-order valence-corrected chi connectivity index (χ0v) is 5.30. The van der Waals surface area contributed by atoms with Gasteiger partial charge in [0.25, 0.3) is 0 Å². The van der Waals surface area contributed by atoms with E-state index in [4.69, 9.17) is 9.90 Å². The fraction of sp³-hybridized carbons (Fsp3) is 0.800. The zero-order chi connectivity index (χ0) is 6.95. The first-order chi connectivity index (χ1) is 4.41. The lowest BCUT2D eigenvalue weighted by Gasteiger charge is -2.07. The average molecular weight is 132 g/mol. The topological polar surface area (TPSA) is 68.8 Å². The summed E-state index contributed by atoms with van der Waals surface area (Å²) >= 11 is 0. The number of piperazine rings is 1. The number of quaternary nitrogens is 1. The fourth-order valence-corrected chi connectivity index (χ4v) is 0.678. The quantitative estimate of drug-likeness (QED) is 0.336. The number of rotatable bonds is 0. The molecule has 54 valence electrons. The number of carboxylic acid groups (broad SMARTS) is 1. The summed E-state index contributed by atoms with van der Waals surface area (Å²) in [5, 5.41) is 13.8. The van der Waals surface area contributed by atoms with Crippen LogP contribution in [0.3, 0.4) is 0 Å². The van der Waals surface area contributed by atoms with E-state index in [1.807, 2.05) is 0 Å². The molecule has 4 nitrogen and oxygen atoms in total. The van der Waals surface area contributed by atoms with Gasteiger partial charge in [-0.1, -0.05) is 0 Å². The molecule has 0 radical (unpaired) electrons. The van der Waals surface area contributed by atoms with Gasteiger partial charge in [0.1, 0.15) is 0 Å². The lowest BCUT2D eigenvalue weighted by Crippen LogP contribution is -2.89. The molecule has 0 aromatic heterocycles. The maximum atomic E-state index is 8.25. The third kappa shape index (κ3) is 7.39. The SMILES string of the molecule is C1C[NH2+]CCN1.O=C[O-]. The van der Waals surface area contributed by atoms with Gasteiger partial charge in [0, 0.05) is 19.6 Å². The Morgan fingerprint density at radius 3 is 2.00 bits per heavy atom. The van der Waals surface area contributed by atoms with E-state index in [9.17, 15) is 0 Å². The van der Waals surface area contributed by atoms with E-state index in [-0.39, 0.29) is 0 Å². The lowest BCUT2D eigenvalue weighted by atomic mass is 10.4. The summed E-state index contributed by atoms with van der Waals surface area (Å²) in [7, 11) is 0. The van der Waals surface area contributed by atoms with Crippen LogP contribution in [0.5, 0.6) is 0 Å². The molecule has 0 atom stereocenters. The van der Waals surface area contributed by atoms with Gasteiger partial charge in [0.15, 0.2) is 0 Å². The standard InChI is InChI=1S/C4H10N2.CH2O2/c1-2-6-4-3-5-1;2-1-3/h5-6H,1-4H2;1H,(H,2,3). The largest absolute Gasteiger partial charge is 0.554 e. The van der Waals surface area contributed by atoms with Gasteiger partial charge in [-0.05, 0) is 0 Å². The molecule has 9 heavy (non-hydrogen) atoms. The zero-order valence-electron chi connectivity index (χ0n) is 5.30. The Balaban J connectivity index is 0.000000187. The van der Waals surface area contributed by atoms with Crippen molar-refractivity contribution in [2.45, 2.75) is 0 Å². The Kier molecular flexibility index (Phi) is 6.89. The fourth-order valence-electron chi connectivity index (χ4n) is 0.678. The highest BCUT2D eigenvalue weighted by atomic mass is 16.3. The third-order valence-corrected chi connectivity index (χ3v) is 1.05. The van der Waals surface area contributed by atoms with Crippen molar-refractivity contribution in [2.75, 3.05) is 26.2 Å². The van der Waals surface area contributed by atoms with Gasteiger partial charge in [-0.15, -0.1) is 0 Å². The molecule has 1 rings (SSSR count). The summed E-state index contributed by atoms with van der Waals surface area (Å²) in [6.07, 6.45) is 0. The van der Waals surface area contributed by atoms with Crippen LogP contribution < -0.4 is 15.7 Å². The lowest BCUT2D eigenvalue weighted by molar-refractivity contribution is -0.657. The van der Waals surface area contributed by atoms with Crippen LogP contribution in [-0.4, -0.2) is 32.7 Å². The number of carbonyl (C=O) groups is 1. The van der Waals surface area contributed by atoms with Crippen molar-refractivity contribution in [3.05, 3.63) is 0 Å². The maximum absolute atomic E-state index is 8.25. The highest BCUT2D eigenvalue weighted by molar-refractivity contribution is 5.29. The van der Waals surface area contributed by atoms with Crippen molar-refractivity contribution in [2.24, 2.45) is 0 Å². The Labute approximate surface area is 54.3 Å². The second-order valence-electron chi connectivity index (χ2n) is 1.71. The molecule has 4 heteroatoms. The van der Waals surface area contributed by atoms with E-state index >= 15 is 0 Å². The van der Waals surface area contributed by atoms with Crippen LogP contribution in [0.1, 0.15) is 0 Å². The minimum atomic E-state index is -0.500. The summed E-state index contributed by atoms with van der Waals surface area (Å²) in [5.74, 6) is 0. The molecule has 0 amide bonds. The van der Waals surface area contributed by atoms with E-state index in [0.29, 0.717) is 0 Å². The molecule has 0 aromatic rings.